The molecule has 1 aliphatic rings. The third-order valence-corrected chi connectivity index (χ3v) is 5.03. The maximum absolute atomic E-state index is 9.51. The molecule has 0 bridgehead atoms. The molecular weight excluding hydrogens is 375 g/mol. The molecule has 0 aliphatic carbocycles. The summed E-state index contributed by atoms with van der Waals surface area (Å²) in [5, 5.41) is 25.6. The van der Waals surface area contributed by atoms with Crippen molar-refractivity contribution in [3.05, 3.63) is 52.8 Å². The fraction of sp³-hybridized carbons (Fsp3) is 0.444. The zero-order chi connectivity index (χ0) is 17.7. The zero-order valence-electron chi connectivity index (χ0n) is 14.4. The molecule has 3 rings (SSSR count). The number of aliphatic hydroxyl groups is 2. The Labute approximate surface area is 164 Å². The predicted molar refractivity (Wildman–Crippen MR) is 105 cm³/mol. The van der Waals surface area contributed by atoms with E-state index in [9.17, 15) is 5.11 Å². The van der Waals surface area contributed by atoms with E-state index in [0.717, 1.165) is 42.2 Å². The van der Waals surface area contributed by atoms with Crippen LogP contribution in [-0.2, 0) is 5.41 Å². The summed E-state index contributed by atoms with van der Waals surface area (Å²) in [5.41, 5.74) is 1.73. The number of aliphatic hydroxyl groups excluding tert-OH is 2. The van der Waals surface area contributed by atoms with Crippen molar-refractivity contribution in [1.29, 1.82) is 0 Å². The van der Waals surface area contributed by atoms with E-state index in [1.807, 2.05) is 24.3 Å². The van der Waals surface area contributed by atoms with Gasteiger partial charge in [0, 0.05) is 23.2 Å². The summed E-state index contributed by atoms with van der Waals surface area (Å²) >= 11 is 6.52. The highest BCUT2D eigenvalue weighted by Gasteiger charge is 2.38. The molecule has 0 saturated carbocycles. The van der Waals surface area contributed by atoms with E-state index in [1.165, 1.54) is 0 Å². The van der Waals surface area contributed by atoms with E-state index in [2.05, 4.69) is 21.7 Å². The van der Waals surface area contributed by atoms with Crippen LogP contribution in [0.5, 0.6) is 0 Å². The summed E-state index contributed by atoms with van der Waals surface area (Å²) in [6.07, 6.45) is 2.67. The van der Waals surface area contributed by atoms with Gasteiger partial charge in [-0.3, -0.25) is 0 Å². The zero-order valence-corrected chi connectivity index (χ0v) is 15.9. The SMILES string of the molecule is Cl.OC[C@@H](O)CNc1nccc(C2(c3ccccc3Cl)CCNCC2)n1. The lowest BCUT2D eigenvalue weighted by atomic mass is 9.70. The number of nitrogens with zero attached hydrogens (tertiary/aromatic N) is 2. The molecule has 1 aromatic carbocycles. The second-order valence-electron chi connectivity index (χ2n) is 6.29. The highest BCUT2D eigenvalue weighted by molar-refractivity contribution is 6.31. The van der Waals surface area contributed by atoms with Crippen LogP contribution in [-0.4, -0.2) is 52.5 Å². The van der Waals surface area contributed by atoms with Crippen molar-refractivity contribution >= 4 is 30.0 Å². The third-order valence-electron chi connectivity index (χ3n) is 4.70. The van der Waals surface area contributed by atoms with Crippen molar-refractivity contribution in [2.24, 2.45) is 0 Å². The predicted octanol–water partition coefficient (Wildman–Crippen LogP) is 1.99. The first-order chi connectivity index (χ1) is 12.2. The van der Waals surface area contributed by atoms with Gasteiger partial charge in [0.15, 0.2) is 0 Å². The van der Waals surface area contributed by atoms with E-state index in [1.54, 1.807) is 6.20 Å². The lowest BCUT2D eigenvalue weighted by Gasteiger charge is -2.38. The molecule has 1 aliphatic heterocycles. The number of aromatic nitrogens is 2. The van der Waals surface area contributed by atoms with E-state index in [0.29, 0.717) is 5.95 Å². The number of benzene rings is 1. The third kappa shape index (κ3) is 4.45. The first-order valence-corrected chi connectivity index (χ1v) is 8.85. The van der Waals surface area contributed by atoms with E-state index >= 15 is 0 Å². The minimum atomic E-state index is -0.844. The van der Waals surface area contributed by atoms with Gasteiger partial charge in [-0.2, -0.15) is 0 Å². The second kappa shape index (κ2) is 9.48. The van der Waals surface area contributed by atoms with Crippen molar-refractivity contribution in [3.63, 3.8) is 0 Å². The average molecular weight is 399 g/mol. The van der Waals surface area contributed by atoms with Gasteiger partial charge in [-0.25, -0.2) is 9.97 Å². The number of nitrogens with one attached hydrogen (secondary N) is 2. The maximum atomic E-state index is 9.51. The first kappa shape index (κ1) is 20.9. The van der Waals surface area contributed by atoms with Crippen LogP contribution in [0.2, 0.25) is 5.02 Å². The van der Waals surface area contributed by atoms with Gasteiger partial charge in [-0.15, -0.1) is 12.4 Å². The van der Waals surface area contributed by atoms with E-state index in [-0.39, 0.29) is 31.0 Å². The monoisotopic (exact) mass is 398 g/mol. The van der Waals surface area contributed by atoms with Crippen molar-refractivity contribution in [2.75, 3.05) is 31.6 Å². The molecule has 2 heterocycles. The van der Waals surface area contributed by atoms with Crippen LogP contribution in [0.25, 0.3) is 0 Å². The molecular formula is C18H24Cl2N4O2. The molecule has 0 spiro atoms. The largest absolute Gasteiger partial charge is 0.394 e. The van der Waals surface area contributed by atoms with Crippen LogP contribution >= 0.6 is 24.0 Å². The van der Waals surface area contributed by atoms with Crippen LogP contribution < -0.4 is 10.6 Å². The Morgan fingerprint density at radius 3 is 2.65 bits per heavy atom. The lowest BCUT2D eigenvalue weighted by molar-refractivity contribution is 0.105. The second-order valence-corrected chi connectivity index (χ2v) is 6.70. The molecule has 1 saturated heterocycles. The van der Waals surface area contributed by atoms with Crippen LogP contribution in [0.15, 0.2) is 36.5 Å². The summed E-state index contributed by atoms with van der Waals surface area (Å²) in [4.78, 5) is 8.92. The van der Waals surface area contributed by atoms with Crippen molar-refractivity contribution < 1.29 is 10.2 Å². The van der Waals surface area contributed by atoms with Crippen molar-refractivity contribution in [1.82, 2.24) is 15.3 Å². The minimum absolute atomic E-state index is 0. The summed E-state index contributed by atoms with van der Waals surface area (Å²) in [6, 6.07) is 9.85. The lowest BCUT2D eigenvalue weighted by Crippen LogP contribution is -2.41. The van der Waals surface area contributed by atoms with Crippen molar-refractivity contribution in [2.45, 2.75) is 24.4 Å². The molecule has 6 nitrogen and oxygen atoms in total. The summed E-state index contributed by atoms with van der Waals surface area (Å²) in [7, 11) is 0. The Hall–Kier alpha value is -1.44. The van der Waals surface area contributed by atoms with E-state index in [4.69, 9.17) is 21.7 Å². The van der Waals surface area contributed by atoms with Crippen molar-refractivity contribution in [3.8, 4) is 0 Å². The van der Waals surface area contributed by atoms with Gasteiger partial charge in [0.1, 0.15) is 0 Å². The fourth-order valence-electron chi connectivity index (χ4n) is 3.35. The summed E-state index contributed by atoms with van der Waals surface area (Å²) in [5.74, 6) is 0.440. The quantitative estimate of drug-likeness (QED) is 0.594. The van der Waals surface area contributed by atoms with Gasteiger partial charge in [-0.1, -0.05) is 29.8 Å². The average Bonchev–Trinajstić information content (AvgIpc) is 2.67. The standard InChI is InChI=1S/C18H23ClN4O2.ClH/c19-15-4-2-1-3-14(15)18(6-9-20-10-7-18)16-5-8-21-17(23-16)22-11-13(25)12-24;/h1-5,8,13,20,24-25H,6-7,9-12H2,(H,21,22,23);1H/t13-;/m0./s1. The molecule has 26 heavy (non-hydrogen) atoms. The molecule has 0 amide bonds. The maximum Gasteiger partial charge on any atom is 0.222 e. The summed E-state index contributed by atoms with van der Waals surface area (Å²) in [6.45, 7) is 1.67. The van der Waals surface area contributed by atoms with Crippen LogP contribution in [0.4, 0.5) is 5.95 Å². The van der Waals surface area contributed by atoms with Gasteiger partial charge >= 0.3 is 0 Å². The van der Waals surface area contributed by atoms with Crippen LogP contribution in [0, 0.1) is 0 Å². The molecule has 142 valence electrons. The highest BCUT2D eigenvalue weighted by Crippen LogP contribution is 2.42. The smallest absolute Gasteiger partial charge is 0.222 e. The molecule has 1 aromatic heterocycles. The summed E-state index contributed by atoms with van der Waals surface area (Å²) < 4.78 is 0. The normalized spacial score (nSPS) is 17.2. The highest BCUT2D eigenvalue weighted by atomic mass is 35.5. The Morgan fingerprint density at radius 2 is 1.96 bits per heavy atom. The van der Waals surface area contributed by atoms with Crippen LogP contribution in [0.1, 0.15) is 24.1 Å². The molecule has 4 N–H and O–H groups in total. The number of piperidine rings is 1. The number of rotatable bonds is 6. The Morgan fingerprint density at radius 1 is 1.23 bits per heavy atom. The van der Waals surface area contributed by atoms with E-state index < -0.39 is 6.10 Å². The Bertz CT molecular complexity index is 711. The number of hydrogen-bond donors (Lipinski definition) is 4. The molecule has 0 radical (unpaired) electrons. The number of anilines is 1. The molecule has 2 aromatic rings. The number of hydrogen-bond acceptors (Lipinski definition) is 6. The van der Waals surface area contributed by atoms with Gasteiger partial charge in [-0.05, 0) is 43.6 Å². The van der Waals surface area contributed by atoms with Gasteiger partial charge in [0.05, 0.1) is 18.4 Å². The van der Waals surface area contributed by atoms with Gasteiger partial charge < -0.3 is 20.8 Å². The Kier molecular flexibility index (Phi) is 7.61. The number of halogens is 2. The topological polar surface area (TPSA) is 90.3 Å². The molecule has 1 fully saturated rings. The minimum Gasteiger partial charge on any atom is -0.394 e. The Balaban J connectivity index is 0.00000243. The van der Waals surface area contributed by atoms with Gasteiger partial charge in [0.2, 0.25) is 5.95 Å². The molecule has 8 heteroatoms. The van der Waals surface area contributed by atoms with Crippen LogP contribution in [0.3, 0.4) is 0 Å². The molecule has 0 unspecified atom stereocenters. The van der Waals surface area contributed by atoms with Gasteiger partial charge in [0.25, 0.3) is 0 Å². The molecule has 1 atom stereocenters. The fourth-order valence-corrected chi connectivity index (χ4v) is 3.67. The first-order valence-electron chi connectivity index (χ1n) is 8.48.